The number of hydrogen-bond acceptors (Lipinski definition) is 3. The summed E-state index contributed by atoms with van der Waals surface area (Å²) in [6.45, 7) is 4.43. The minimum Gasteiger partial charge on any atom is -0.381 e. The van der Waals surface area contributed by atoms with Crippen LogP contribution in [0.1, 0.15) is 42.9 Å². The van der Waals surface area contributed by atoms with E-state index in [0.29, 0.717) is 5.92 Å². The third-order valence-electron chi connectivity index (χ3n) is 5.37. The molecule has 26 heavy (non-hydrogen) atoms. The highest BCUT2D eigenvalue weighted by molar-refractivity contribution is 5.79. The van der Waals surface area contributed by atoms with Crippen molar-refractivity contribution >= 4 is 5.96 Å². The van der Waals surface area contributed by atoms with Gasteiger partial charge in [-0.05, 0) is 43.2 Å². The highest BCUT2D eigenvalue weighted by Gasteiger charge is 2.20. The standard InChI is InChI=1S/C21H33N3O2/c1-22-21(24(2)15-17-11-14-25-16-17)23-12-6-13-26-20-10-5-8-18-7-3-4-9-19(18)20/h3-4,7,9,17,20H,5-6,8,10-16H2,1-2H3,(H,22,23). The van der Waals surface area contributed by atoms with Crippen molar-refractivity contribution in [2.45, 2.75) is 38.2 Å². The molecule has 2 aliphatic rings. The zero-order chi connectivity index (χ0) is 18.2. The summed E-state index contributed by atoms with van der Waals surface area (Å²) in [7, 11) is 3.95. The Bertz CT molecular complexity index is 584. The van der Waals surface area contributed by atoms with Gasteiger partial charge in [0.1, 0.15) is 0 Å². The number of guanidine groups is 1. The van der Waals surface area contributed by atoms with E-state index in [1.807, 2.05) is 7.05 Å². The molecule has 1 fully saturated rings. The summed E-state index contributed by atoms with van der Waals surface area (Å²) < 4.78 is 11.6. The summed E-state index contributed by atoms with van der Waals surface area (Å²) in [5.74, 6) is 1.58. The molecule has 0 bridgehead atoms. The second-order valence-electron chi connectivity index (χ2n) is 7.39. The second kappa shape index (κ2) is 9.93. The molecule has 0 saturated carbocycles. The Morgan fingerprint density at radius 3 is 3.04 bits per heavy atom. The maximum absolute atomic E-state index is 6.18. The SMILES string of the molecule is CN=C(NCCCOC1CCCc2ccccc21)N(C)CC1CCOC1. The summed E-state index contributed by atoms with van der Waals surface area (Å²) in [6, 6.07) is 8.71. The Labute approximate surface area is 157 Å². The van der Waals surface area contributed by atoms with Crippen LogP contribution in [-0.4, -0.2) is 57.9 Å². The fraction of sp³-hybridized carbons (Fsp3) is 0.667. The molecule has 1 aliphatic heterocycles. The summed E-state index contributed by atoms with van der Waals surface area (Å²) >= 11 is 0. The number of aryl methyl sites for hydroxylation is 1. The molecular weight excluding hydrogens is 326 g/mol. The van der Waals surface area contributed by atoms with E-state index in [4.69, 9.17) is 9.47 Å². The molecule has 0 amide bonds. The molecule has 1 N–H and O–H groups in total. The van der Waals surface area contributed by atoms with Gasteiger partial charge in [-0.2, -0.15) is 0 Å². The topological polar surface area (TPSA) is 46.1 Å². The number of nitrogens with one attached hydrogen (secondary N) is 1. The molecule has 2 unspecified atom stereocenters. The molecule has 1 saturated heterocycles. The molecule has 5 heteroatoms. The van der Waals surface area contributed by atoms with E-state index in [-0.39, 0.29) is 6.10 Å². The van der Waals surface area contributed by atoms with Gasteiger partial charge in [-0.15, -0.1) is 0 Å². The number of benzene rings is 1. The van der Waals surface area contributed by atoms with E-state index in [9.17, 15) is 0 Å². The van der Waals surface area contributed by atoms with Crippen LogP contribution in [0.2, 0.25) is 0 Å². The van der Waals surface area contributed by atoms with Crippen LogP contribution in [0.4, 0.5) is 0 Å². The third kappa shape index (κ3) is 5.21. The van der Waals surface area contributed by atoms with Crippen LogP contribution in [-0.2, 0) is 15.9 Å². The van der Waals surface area contributed by atoms with Crippen molar-refractivity contribution in [1.82, 2.24) is 10.2 Å². The number of nitrogens with zero attached hydrogens (tertiary/aromatic N) is 2. The van der Waals surface area contributed by atoms with Crippen LogP contribution in [0.3, 0.4) is 0 Å². The van der Waals surface area contributed by atoms with Crippen molar-refractivity contribution in [2.24, 2.45) is 10.9 Å². The lowest BCUT2D eigenvalue weighted by Gasteiger charge is -2.26. The third-order valence-corrected chi connectivity index (χ3v) is 5.37. The van der Waals surface area contributed by atoms with Gasteiger partial charge in [0.15, 0.2) is 5.96 Å². The maximum Gasteiger partial charge on any atom is 0.193 e. The Morgan fingerprint density at radius 2 is 2.23 bits per heavy atom. The summed E-state index contributed by atoms with van der Waals surface area (Å²) in [6.07, 6.45) is 5.95. The van der Waals surface area contributed by atoms with Crippen molar-refractivity contribution in [3.05, 3.63) is 35.4 Å². The van der Waals surface area contributed by atoms with E-state index in [1.165, 1.54) is 24.0 Å². The van der Waals surface area contributed by atoms with Crippen LogP contribution in [0, 0.1) is 5.92 Å². The molecule has 3 rings (SSSR count). The molecule has 5 nitrogen and oxygen atoms in total. The van der Waals surface area contributed by atoms with Gasteiger partial charge in [0.25, 0.3) is 0 Å². The van der Waals surface area contributed by atoms with Gasteiger partial charge >= 0.3 is 0 Å². The van der Waals surface area contributed by atoms with E-state index in [0.717, 1.165) is 58.1 Å². The molecule has 1 aromatic rings. The van der Waals surface area contributed by atoms with Crippen molar-refractivity contribution in [3.63, 3.8) is 0 Å². The molecule has 1 heterocycles. The normalized spacial score (nSPS) is 22.9. The Kier molecular flexibility index (Phi) is 7.32. The Morgan fingerprint density at radius 1 is 1.35 bits per heavy atom. The second-order valence-corrected chi connectivity index (χ2v) is 7.39. The van der Waals surface area contributed by atoms with Gasteiger partial charge in [-0.3, -0.25) is 4.99 Å². The molecule has 2 atom stereocenters. The van der Waals surface area contributed by atoms with Crippen LogP contribution in [0.25, 0.3) is 0 Å². The zero-order valence-corrected chi connectivity index (χ0v) is 16.2. The number of fused-ring (bicyclic) bond motifs is 1. The van der Waals surface area contributed by atoms with Gasteiger partial charge in [-0.1, -0.05) is 24.3 Å². The summed E-state index contributed by atoms with van der Waals surface area (Å²) in [5.41, 5.74) is 2.85. The van der Waals surface area contributed by atoms with Gasteiger partial charge in [0, 0.05) is 46.3 Å². The largest absolute Gasteiger partial charge is 0.381 e. The molecule has 1 aliphatic carbocycles. The van der Waals surface area contributed by atoms with Crippen molar-refractivity contribution in [2.75, 3.05) is 47.0 Å². The van der Waals surface area contributed by atoms with Crippen LogP contribution in [0.5, 0.6) is 0 Å². The van der Waals surface area contributed by atoms with Crippen molar-refractivity contribution in [3.8, 4) is 0 Å². The Balaban J connectivity index is 1.36. The summed E-state index contributed by atoms with van der Waals surface area (Å²) in [4.78, 5) is 6.60. The first kappa shape index (κ1) is 19.2. The minimum absolute atomic E-state index is 0.268. The minimum atomic E-state index is 0.268. The highest BCUT2D eigenvalue weighted by atomic mass is 16.5. The van der Waals surface area contributed by atoms with Gasteiger partial charge in [0.05, 0.1) is 12.7 Å². The number of rotatable bonds is 7. The van der Waals surface area contributed by atoms with Gasteiger partial charge in [-0.25, -0.2) is 0 Å². The van der Waals surface area contributed by atoms with E-state index < -0.39 is 0 Å². The first-order chi connectivity index (χ1) is 12.8. The fourth-order valence-electron chi connectivity index (χ4n) is 3.97. The fourth-order valence-corrected chi connectivity index (χ4v) is 3.97. The van der Waals surface area contributed by atoms with Crippen LogP contribution < -0.4 is 5.32 Å². The number of ether oxygens (including phenoxy) is 2. The molecule has 144 valence electrons. The average molecular weight is 360 g/mol. The van der Waals surface area contributed by atoms with Crippen LogP contribution >= 0.6 is 0 Å². The first-order valence-corrected chi connectivity index (χ1v) is 9.97. The zero-order valence-electron chi connectivity index (χ0n) is 16.2. The number of aliphatic imine (C=N–C) groups is 1. The Hall–Kier alpha value is -1.59. The predicted molar refractivity (Wildman–Crippen MR) is 106 cm³/mol. The molecule has 1 aromatic carbocycles. The van der Waals surface area contributed by atoms with Crippen molar-refractivity contribution < 1.29 is 9.47 Å². The first-order valence-electron chi connectivity index (χ1n) is 9.97. The molecule has 0 radical (unpaired) electrons. The lowest BCUT2D eigenvalue weighted by atomic mass is 9.89. The maximum atomic E-state index is 6.18. The number of hydrogen-bond donors (Lipinski definition) is 1. The van der Waals surface area contributed by atoms with Gasteiger partial charge in [0.2, 0.25) is 0 Å². The summed E-state index contributed by atoms with van der Waals surface area (Å²) in [5, 5.41) is 3.46. The van der Waals surface area contributed by atoms with E-state index in [1.54, 1.807) is 0 Å². The van der Waals surface area contributed by atoms with E-state index in [2.05, 4.69) is 46.5 Å². The van der Waals surface area contributed by atoms with Crippen molar-refractivity contribution in [1.29, 1.82) is 0 Å². The quantitative estimate of drug-likeness (QED) is 0.462. The van der Waals surface area contributed by atoms with Gasteiger partial charge < -0.3 is 19.7 Å². The smallest absolute Gasteiger partial charge is 0.193 e. The van der Waals surface area contributed by atoms with E-state index >= 15 is 0 Å². The lowest BCUT2D eigenvalue weighted by molar-refractivity contribution is 0.0397. The molecule has 0 spiro atoms. The molecular formula is C21H33N3O2. The highest BCUT2D eigenvalue weighted by Crippen LogP contribution is 2.32. The monoisotopic (exact) mass is 359 g/mol. The molecule has 0 aromatic heterocycles. The van der Waals surface area contributed by atoms with Crippen LogP contribution in [0.15, 0.2) is 29.3 Å². The lowest BCUT2D eigenvalue weighted by Crippen LogP contribution is -2.42. The predicted octanol–water partition coefficient (Wildman–Crippen LogP) is 3.01. The average Bonchev–Trinajstić information content (AvgIpc) is 3.17.